The third-order valence-corrected chi connectivity index (χ3v) is 6.78. The molecular weight excluding hydrogens is 360 g/mol. The molecule has 0 saturated heterocycles. The van der Waals surface area contributed by atoms with Gasteiger partial charge in [0.25, 0.3) is 0 Å². The van der Waals surface area contributed by atoms with Crippen molar-refractivity contribution in [1.29, 1.82) is 0 Å². The third-order valence-electron chi connectivity index (χ3n) is 6.78. The number of fused-ring (bicyclic) bond motifs is 3. The van der Waals surface area contributed by atoms with E-state index in [2.05, 4.69) is 72.8 Å². The van der Waals surface area contributed by atoms with Gasteiger partial charge in [-0.3, -0.25) is 0 Å². The average molecular weight is 397 g/mol. The highest BCUT2D eigenvalue weighted by atomic mass is 14.1. The Bertz CT molecular complexity index is 723. The fourth-order valence-corrected chi connectivity index (χ4v) is 5.03. The second-order valence-corrected chi connectivity index (χ2v) is 8.93. The lowest BCUT2D eigenvalue weighted by atomic mass is 9.92. The molecule has 0 fully saturated rings. The van der Waals surface area contributed by atoms with Crippen LogP contribution in [0.2, 0.25) is 0 Å². The van der Waals surface area contributed by atoms with Crippen LogP contribution in [0, 0.1) is 0 Å². The maximum absolute atomic E-state index is 2.26. The monoisotopic (exact) mass is 396 g/mol. The third kappa shape index (κ3) is 5.85. The molecule has 0 bridgehead atoms. The van der Waals surface area contributed by atoms with Gasteiger partial charge in [0.2, 0.25) is 0 Å². The first-order valence-corrected chi connectivity index (χ1v) is 12.1. The quantitative estimate of drug-likeness (QED) is 0.365. The van der Waals surface area contributed by atoms with E-state index in [1.165, 1.54) is 77.0 Å². The largest absolute Gasteiger partial charge is 0.0620 e. The Kier molecular flexibility index (Phi) is 7.78. The summed E-state index contributed by atoms with van der Waals surface area (Å²) in [5.41, 5.74) is 9.47. The van der Waals surface area contributed by atoms with Gasteiger partial charge in [-0.15, -0.1) is 0 Å². The van der Waals surface area contributed by atoms with Crippen molar-refractivity contribution in [2.24, 2.45) is 0 Å². The smallest absolute Gasteiger partial charge is 0.0276 e. The minimum Gasteiger partial charge on any atom is -0.0620 e. The normalized spacial score (nSPS) is 16.4. The minimum absolute atomic E-state index is 1.30. The lowest BCUT2D eigenvalue weighted by Crippen LogP contribution is -2.00. The van der Waals surface area contributed by atoms with Gasteiger partial charge in [0, 0.05) is 0 Å². The molecule has 6 rings (SSSR count). The number of hydrogen-bond donors (Lipinski definition) is 0. The Balaban J connectivity index is 0.000000109. The average Bonchev–Trinajstić information content (AvgIpc) is 2.85. The van der Waals surface area contributed by atoms with Gasteiger partial charge in [-0.25, -0.2) is 0 Å². The van der Waals surface area contributed by atoms with Gasteiger partial charge in [-0.2, -0.15) is 0 Å². The molecule has 3 aromatic rings. The molecule has 0 aliphatic heterocycles. The van der Waals surface area contributed by atoms with Gasteiger partial charge < -0.3 is 0 Å². The van der Waals surface area contributed by atoms with Crippen molar-refractivity contribution in [3.63, 3.8) is 0 Å². The molecule has 0 heterocycles. The van der Waals surface area contributed by atoms with Crippen LogP contribution in [0.25, 0.3) is 0 Å². The first-order chi connectivity index (χ1) is 14.9. The van der Waals surface area contributed by atoms with Gasteiger partial charge >= 0.3 is 0 Å². The second-order valence-electron chi connectivity index (χ2n) is 8.93. The Labute approximate surface area is 183 Å². The maximum Gasteiger partial charge on any atom is -0.0276 e. The van der Waals surface area contributed by atoms with E-state index in [1.54, 1.807) is 33.4 Å². The summed E-state index contributed by atoms with van der Waals surface area (Å²) >= 11 is 0. The molecule has 0 nitrogen and oxygen atoms in total. The maximum atomic E-state index is 2.26. The van der Waals surface area contributed by atoms with Crippen LogP contribution in [0.4, 0.5) is 0 Å². The van der Waals surface area contributed by atoms with Crippen molar-refractivity contribution in [3.8, 4) is 0 Å². The standard InChI is InChI=1S/3C10H12/c3*1-2-6-10-8-4-3-7-9(10)5-1/h3*1-2,5-6H,3-4,7-8H2. The molecular formula is C30H36. The topological polar surface area (TPSA) is 0 Å². The number of benzene rings is 3. The van der Waals surface area contributed by atoms with Crippen LogP contribution < -0.4 is 0 Å². The van der Waals surface area contributed by atoms with E-state index in [9.17, 15) is 0 Å². The summed E-state index contributed by atoms with van der Waals surface area (Å²) in [6.07, 6.45) is 16.1. The van der Waals surface area contributed by atoms with Crippen molar-refractivity contribution in [3.05, 3.63) is 106 Å². The molecule has 0 saturated carbocycles. The second kappa shape index (κ2) is 11.2. The molecule has 0 amide bonds. The zero-order valence-electron chi connectivity index (χ0n) is 18.4. The summed E-state index contributed by atoms with van der Waals surface area (Å²) in [5.74, 6) is 0. The van der Waals surface area contributed by atoms with Crippen molar-refractivity contribution >= 4 is 0 Å². The molecule has 156 valence electrons. The van der Waals surface area contributed by atoms with E-state index < -0.39 is 0 Å². The van der Waals surface area contributed by atoms with Crippen LogP contribution in [-0.4, -0.2) is 0 Å². The molecule has 0 unspecified atom stereocenters. The van der Waals surface area contributed by atoms with Crippen LogP contribution in [-0.2, 0) is 38.5 Å². The predicted octanol–water partition coefficient (Wildman–Crippen LogP) is 7.70. The van der Waals surface area contributed by atoms with Crippen LogP contribution in [0.5, 0.6) is 0 Å². The fourth-order valence-electron chi connectivity index (χ4n) is 5.03. The number of rotatable bonds is 0. The molecule has 3 aliphatic carbocycles. The highest BCUT2D eigenvalue weighted by Gasteiger charge is 2.07. The Morgan fingerprint density at radius 1 is 0.267 bits per heavy atom. The summed E-state index contributed by atoms with van der Waals surface area (Å²) in [5, 5.41) is 0. The summed E-state index contributed by atoms with van der Waals surface area (Å²) in [4.78, 5) is 0. The molecule has 30 heavy (non-hydrogen) atoms. The molecule has 3 aromatic carbocycles. The lowest BCUT2D eigenvalue weighted by Gasteiger charge is -2.13. The zero-order valence-corrected chi connectivity index (χ0v) is 18.4. The number of aryl methyl sites for hydroxylation is 6. The van der Waals surface area contributed by atoms with Crippen LogP contribution in [0.1, 0.15) is 71.9 Å². The fraction of sp³-hybridized carbons (Fsp3) is 0.400. The molecule has 0 atom stereocenters. The molecule has 0 heteroatoms. The molecule has 3 aliphatic rings. The first kappa shape index (κ1) is 20.9. The molecule has 0 N–H and O–H groups in total. The van der Waals surface area contributed by atoms with Crippen molar-refractivity contribution in [1.82, 2.24) is 0 Å². The van der Waals surface area contributed by atoms with Crippen LogP contribution in [0.3, 0.4) is 0 Å². The van der Waals surface area contributed by atoms with Crippen molar-refractivity contribution in [2.45, 2.75) is 77.0 Å². The highest BCUT2D eigenvalue weighted by Crippen LogP contribution is 2.21. The van der Waals surface area contributed by atoms with E-state index in [0.717, 1.165) is 0 Å². The van der Waals surface area contributed by atoms with E-state index in [0.29, 0.717) is 0 Å². The van der Waals surface area contributed by atoms with Gasteiger partial charge in [-0.05, 0) is 110 Å². The summed E-state index contributed by atoms with van der Waals surface area (Å²) < 4.78 is 0. The van der Waals surface area contributed by atoms with E-state index >= 15 is 0 Å². The van der Waals surface area contributed by atoms with E-state index in [-0.39, 0.29) is 0 Å². The van der Waals surface area contributed by atoms with Gasteiger partial charge in [0.1, 0.15) is 0 Å². The Morgan fingerprint density at radius 2 is 0.433 bits per heavy atom. The van der Waals surface area contributed by atoms with E-state index in [1.807, 2.05) is 0 Å². The lowest BCUT2D eigenvalue weighted by molar-refractivity contribution is 0.685. The SMILES string of the molecule is c1ccc2c(c1)CCCC2.c1ccc2c(c1)CCCC2.c1ccc2c(c1)CCCC2. The van der Waals surface area contributed by atoms with Gasteiger partial charge in [-0.1, -0.05) is 72.8 Å². The highest BCUT2D eigenvalue weighted by molar-refractivity contribution is 5.30. The van der Waals surface area contributed by atoms with Crippen molar-refractivity contribution in [2.75, 3.05) is 0 Å². The summed E-state index contributed by atoms with van der Waals surface area (Å²) in [6.45, 7) is 0. The Morgan fingerprint density at radius 3 is 0.600 bits per heavy atom. The first-order valence-electron chi connectivity index (χ1n) is 12.1. The van der Waals surface area contributed by atoms with Gasteiger partial charge in [0.05, 0.1) is 0 Å². The van der Waals surface area contributed by atoms with E-state index in [4.69, 9.17) is 0 Å². The molecule has 0 radical (unpaired) electrons. The van der Waals surface area contributed by atoms with Gasteiger partial charge in [0.15, 0.2) is 0 Å². The number of hydrogen-bond acceptors (Lipinski definition) is 0. The van der Waals surface area contributed by atoms with Crippen molar-refractivity contribution < 1.29 is 0 Å². The van der Waals surface area contributed by atoms with Crippen LogP contribution in [0.15, 0.2) is 72.8 Å². The molecule has 0 spiro atoms. The minimum atomic E-state index is 1.30. The summed E-state index contributed by atoms with van der Waals surface area (Å²) in [7, 11) is 0. The Hall–Kier alpha value is -2.34. The predicted molar refractivity (Wildman–Crippen MR) is 129 cm³/mol. The van der Waals surface area contributed by atoms with Crippen LogP contribution >= 0.6 is 0 Å². The zero-order chi connectivity index (χ0) is 20.4. The summed E-state index contributed by atoms with van der Waals surface area (Å²) in [6, 6.07) is 26.4. The molecule has 0 aromatic heterocycles.